The molecule has 5 heteroatoms. The molecule has 2 heterocycles. The average Bonchev–Trinajstić information content (AvgIpc) is 2.79. The molecule has 0 radical (unpaired) electrons. The van der Waals surface area contributed by atoms with Crippen LogP contribution in [0.2, 0.25) is 0 Å². The Labute approximate surface area is 130 Å². The summed E-state index contributed by atoms with van der Waals surface area (Å²) < 4.78 is 5.28. The molecule has 0 saturated heterocycles. The fourth-order valence-electron chi connectivity index (χ4n) is 2.15. The molecular formula is C16H23N3OS. The first kappa shape index (κ1) is 16.1. The fraction of sp³-hybridized carbons (Fsp3) is 0.500. The molecule has 0 aromatic carbocycles. The highest BCUT2D eigenvalue weighted by atomic mass is 32.1. The van der Waals surface area contributed by atoms with Crippen LogP contribution >= 0.6 is 11.3 Å². The van der Waals surface area contributed by atoms with E-state index in [1.54, 1.807) is 18.4 Å². The van der Waals surface area contributed by atoms with Gasteiger partial charge in [-0.1, -0.05) is 13.8 Å². The molecule has 0 fully saturated rings. The van der Waals surface area contributed by atoms with Crippen molar-refractivity contribution in [3.8, 4) is 10.6 Å². The second-order valence-corrected chi connectivity index (χ2v) is 6.58. The summed E-state index contributed by atoms with van der Waals surface area (Å²) in [5, 5.41) is 4.49. The minimum atomic E-state index is 0.455. The molecule has 0 saturated carbocycles. The van der Waals surface area contributed by atoms with Crippen molar-refractivity contribution in [2.75, 3.05) is 7.11 Å². The van der Waals surface area contributed by atoms with Crippen molar-refractivity contribution < 1.29 is 4.74 Å². The molecule has 21 heavy (non-hydrogen) atoms. The Balaban J connectivity index is 2.33. The van der Waals surface area contributed by atoms with Gasteiger partial charge >= 0.3 is 0 Å². The van der Waals surface area contributed by atoms with Crippen LogP contribution in [-0.2, 0) is 17.9 Å². The molecule has 2 aromatic rings. The van der Waals surface area contributed by atoms with Gasteiger partial charge in [0, 0.05) is 41.5 Å². The van der Waals surface area contributed by atoms with E-state index in [1.165, 1.54) is 4.88 Å². The van der Waals surface area contributed by atoms with Crippen molar-refractivity contribution in [2.45, 2.75) is 46.9 Å². The molecule has 0 atom stereocenters. The zero-order valence-corrected chi connectivity index (χ0v) is 14.2. The highest BCUT2D eigenvalue weighted by Gasteiger charge is 2.13. The van der Waals surface area contributed by atoms with E-state index in [9.17, 15) is 0 Å². The summed E-state index contributed by atoms with van der Waals surface area (Å²) >= 11 is 1.73. The van der Waals surface area contributed by atoms with Gasteiger partial charge < -0.3 is 10.1 Å². The van der Waals surface area contributed by atoms with E-state index >= 15 is 0 Å². The van der Waals surface area contributed by atoms with Crippen LogP contribution in [0.15, 0.2) is 12.1 Å². The third-order valence-electron chi connectivity index (χ3n) is 3.06. The maximum absolute atomic E-state index is 5.28. The predicted octanol–water partition coefficient (Wildman–Crippen LogP) is 3.47. The molecule has 2 rings (SSSR count). The maximum Gasteiger partial charge on any atom is 0.124 e. The topological polar surface area (TPSA) is 47.0 Å². The van der Waals surface area contributed by atoms with Crippen molar-refractivity contribution in [3.63, 3.8) is 0 Å². The zero-order chi connectivity index (χ0) is 15.4. The molecule has 2 aromatic heterocycles. The molecule has 0 aliphatic rings. The van der Waals surface area contributed by atoms with Crippen molar-refractivity contribution >= 4 is 11.3 Å². The van der Waals surface area contributed by atoms with Gasteiger partial charge in [-0.05, 0) is 26.0 Å². The molecule has 0 spiro atoms. The van der Waals surface area contributed by atoms with Crippen LogP contribution in [0.4, 0.5) is 0 Å². The highest BCUT2D eigenvalue weighted by molar-refractivity contribution is 7.15. The van der Waals surface area contributed by atoms with Gasteiger partial charge in [-0.15, -0.1) is 11.3 Å². The lowest BCUT2D eigenvalue weighted by Crippen LogP contribution is -2.21. The zero-order valence-electron chi connectivity index (χ0n) is 13.4. The van der Waals surface area contributed by atoms with Crippen LogP contribution in [0.5, 0.6) is 0 Å². The van der Waals surface area contributed by atoms with E-state index < -0.39 is 0 Å². The van der Waals surface area contributed by atoms with Gasteiger partial charge in [0.1, 0.15) is 5.01 Å². The number of pyridine rings is 1. The van der Waals surface area contributed by atoms with Crippen molar-refractivity contribution in [3.05, 3.63) is 34.1 Å². The van der Waals surface area contributed by atoms with Gasteiger partial charge in [0.05, 0.1) is 12.3 Å². The van der Waals surface area contributed by atoms with Gasteiger partial charge in [-0.3, -0.25) is 4.98 Å². The number of nitrogens with one attached hydrogen (secondary N) is 1. The molecule has 0 amide bonds. The molecule has 0 aliphatic heterocycles. The van der Waals surface area contributed by atoms with Crippen LogP contribution in [0.1, 0.15) is 35.8 Å². The summed E-state index contributed by atoms with van der Waals surface area (Å²) in [6.45, 7) is 9.70. The van der Waals surface area contributed by atoms with Crippen molar-refractivity contribution in [2.24, 2.45) is 0 Å². The number of thiazole rings is 1. The second-order valence-electron chi connectivity index (χ2n) is 5.50. The summed E-state index contributed by atoms with van der Waals surface area (Å²) in [5.74, 6) is 0. The first-order chi connectivity index (χ1) is 9.99. The smallest absolute Gasteiger partial charge is 0.124 e. The molecule has 0 aliphatic carbocycles. The minimum absolute atomic E-state index is 0.455. The Morgan fingerprint density at radius 1 is 1.19 bits per heavy atom. The summed E-state index contributed by atoms with van der Waals surface area (Å²) in [6, 6.07) is 4.63. The normalized spacial score (nSPS) is 11.3. The Hall–Kier alpha value is -1.30. The third kappa shape index (κ3) is 4.33. The van der Waals surface area contributed by atoms with Gasteiger partial charge in [-0.25, -0.2) is 4.98 Å². The van der Waals surface area contributed by atoms with Crippen LogP contribution in [0, 0.1) is 13.8 Å². The molecular weight excluding hydrogens is 282 g/mol. The highest BCUT2D eigenvalue weighted by Crippen LogP contribution is 2.29. The second kappa shape index (κ2) is 7.11. The standard InChI is InChI=1S/C16H23N3OS/c1-10(2)17-8-15-14(9-20-5)19-16(21-15)13-6-11(3)18-12(4)7-13/h6-7,10,17H,8-9H2,1-5H3. The van der Waals surface area contributed by atoms with E-state index in [0.717, 1.165) is 34.2 Å². The summed E-state index contributed by atoms with van der Waals surface area (Å²) in [6.07, 6.45) is 0. The Kier molecular flexibility index (Phi) is 5.45. The summed E-state index contributed by atoms with van der Waals surface area (Å²) in [7, 11) is 1.71. The molecule has 4 nitrogen and oxygen atoms in total. The van der Waals surface area contributed by atoms with Gasteiger partial charge in [0.2, 0.25) is 0 Å². The number of nitrogens with zero attached hydrogens (tertiary/aromatic N) is 2. The lowest BCUT2D eigenvalue weighted by Gasteiger charge is -2.07. The van der Waals surface area contributed by atoms with E-state index in [0.29, 0.717) is 12.6 Å². The molecule has 1 N–H and O–H groups in total. The van der Waals surface area contributed by atoms with Crippen molar-refractivity contribution in [1.29, 1.82) is 0 Å². The van der Waals surface area contributed by atoms with Crippen LogP contribution in [0.25, 0.3) is 10.6 Å². The maximum atomic E-state index is 5.28. The number of hydrogen-bond acceptors (Lipinski definition) is 5. The number of methoxy groups -OCH3 is 1. The lowest BCUT2D eigenvalue weighted by atomic mass is 10.2. The van der Waals surface area contributed by atoms with Gasteiger partial charge in [-0.2, -0.15) is 0 Å². The lowest BCUT2D eigenvalue weighted by molar-refractivity contribution is 0.181. The third-order valence-corrected chi connectivity index (χ3v) is 4.21. The predicted molar refractivity (Wildman–Crippen MR) is 87.5 cm³/mol. The van der Waals surface area contributed by atoms with E-state index in [2.05, 4.69) is 36.3 Å². The number of aromatic nitrogens is 2. The SMILES string of the molecule is COCc1nc(-c2cc(C)nc(C)c2)sc1CNC(C)C. The quantitative estimate of drug-likeness (QED) is 0.888. The minimum Gasteiger partial charge on any atom is -0.378 e. The number of aryl methyl sites for hydroxylation is 2. The Morgan fingerprint density at radius 2 is 1.86 bits per heavy atom. The monoisotopic (exact) mass is 305 g/mol. The number of rotatable bonds is 6. The Morgan fingerprint density at radius 3 is 2.43 bits per heavy atom. The van der Waals surface area contributed by atoms with E-state index in [1.807, 2.05) is 13.8 Å². The van der Waals surface area contributed by atoms with Crippen LogP contribution in [-0.4, -0.2) is 23.1 Å². The Bertz CT molecular complexity index is 587. The van der Waals surface area contributed by atoms with E-state index in [4.69, 9.17) is 9.72 Å². The van der Waals surface area contributed by atoms with E-state index in [-0.39, 0.29) is 0 Å². The molecule has 0 unspecified atom stereocenters. The fourth-order valence-corrected chi connectivity index (χ4v) is 3.15. The van der Waals surface area contributed by atoms with Gasteiger partial charge in [0.25, 0.3) is 0 Å². The first-order valence-electron chi connectivity index (χ1n) is 7.16. The summed E-state index contributed by atoms with van der Waals surface area (Å²) in [4.78, 5) is 10.4. The molecule has 0 bridgehead atoms. The van der Waals surface area contributed by atoms with Crippen LogP contribution in [0.3, 0.4) is 0 Å². The molecule has 114 valence electrons. The summed E-state index contributed by atoms with van der Waals surface area (Å²) in [5.41, 5.74) is 4.21. The van der Waals surface area contributed by atoms with Crippen molar-refractivity contribution in [1.82, 2.24) is 15.3 Å². The average molecular weight is 305 g/mol. The van der Waals surface area contributed by atoms with Gasteiger partial charge in [0.15, 0.2) is 0 Å². The largest absolute Gasteiger partial charge is 0.378 e. The van der Waals surface area contributed by atoms with Crippen LogP contribution < -0.4 is 5.32 Å². The number of ether oxygens (including phenoxy) is 1. The first-order valence-corrected chi connectivity index (χ1v) is 7.97. The number of hydrogen-bond donors (Lipinski definition) is 1.